The summed E-state index contributed by atoms with van der Waals surface area (Å²) in [4.78, 5) is 29.4. The van der Waals surface area contributed by atoms with Gasteiger partial charge in [-0.25, -0.2) is 8.42 Å². The van der Waals surface area contributed by atoms with Gasteiger partial charge < -0.3 is 4.90 Å². The summed E-state index contributed by atoms with van der Waals surface area (Å²) in [5.41, 5.74) is 2.31. The van der Waals surface area contributed by atoms with E-state index in [4.69, 9.17) is 0 Å². The standard InChI is InChI=1S/C23H23N3O5S/c1-3-17-6-8-18(9-7-17)15-25(16-19-5-4-10-24-14-19)23(27)20-11-21(26(28)29)13-22(12-20)32(2,30)31/h4-14H,3,15-16H2,1-2H3. The average molecular weight is 454 g/mol. The summed E-state index contributed by atoms with van der Waals surface area (Å²) in [5.74, 6) is -0.512. The van der Waals surface area contributed by atoms with Gasteiger partial charge in [-0.05, 0) is 35.2 Å². The zero-order chi connectivity index (χ0) is 23.3. The Labute approximate surface area is 186 Å². The average Bonchev–Trinajstić information content (AvgIpc) is 2.78. The highest BCUT2D eigenvalue weighted by Gasteiger charge is 2.23. The molecule has 0 fully saturated rings. The quantitative estimate of drug-likeness (QED) is 0.379. The number of sulfone groups is 1. The number of carbonyl (C=O) groups excluding carboxylic acids is 1. The maximum Gasteiger partial charge on any atom is 0.271 e. The van der Waals surface area contributed by atoms with Gasteiger partial charge in [0.25, 0.3) is 11.6 Å². The molecule has 166 valence electrons. The molecular weight excluding hydrogens is 430 g/mol. The normalized spacial score (nSPS) is 11.2. The lowest BCUT2D eigenvalue weighted by molar-refractivity contribution is -0.385. The minimum Gasteiger partial charge on any atom is -0.330 e. The van der Waals surface area contributed by atoms with Crippen LogP contribution < -0.4 is 0 Å². The second-order valence-electron chi connectivity index (χ2n) is 7.44. The molecular formula is C23H23N3O5S. The van der Waals surface area contributed by atoms with Gasteiger partial charge in [-0.2, -0.15) is 0 Å². The van der Waals surface area contributed by atoms with E-state index in [1.165, 1.54) is 11.0 Å². The van der Waals surface area contributed by atoms with Gasteiger partial charge in [0.05, 0.1) is 9.82 Å². The largest absolute Gasteiger partial charge is 0.330 e. The van der Waals surface area contributed by atoms with Crippen LogP contribution in [0.2, 0.25) is 0 Å². The molecule has 1 amide bonds. The smallest absolute Gasteiger partial charge is 0.271 e. The molecule has 0 unspecified atom stereocenters. The molecule has 0 bridgehead atoms. The molecule has 8 nitrogen and oxygen atoms in total. The fraction of sp³-hybridized carbons (Fsp3) is 0.217. The van der Waals surface area contributed by atoms with Gasteiger partial charge in [0.1, 0.15) is 0 Å². The van der Waals surface area contributed by atoms with Gasteiger partial charge in [0.15, 0.2) is 9.84 Å². The Hall–Kier alpha value is -3.59. The number of pyridine rings is 1. The Kier molecular flexibility index (Phi) is 6.99. The molecule has 1 heterocycles. The van der Waals surface area contributed by atoms with Crippen molar-refractivity contribution in [3.8, 4) is 0 Å². The van der Waals surface area contributed by atoms with Crippen molar-refractivity contribution in [1.29, 1.82) is 0 Å². The van der Waals surface area contributed by atoms with Crippen molar-refractivity contribution in [2.24, 2.45) is 0 Å². The van der Waals surface area contributed by atoms with Crippen molar-refractivity contribution < 1.29 is 18.1 Å². The Balaban J connectivity index is 2.02. The Morgan fingerprint density at radius 3 is 2.25 bits per heavy atom. The van der Waals surface area contributed by atoms with Gasteiger partial charge in [-0.15, -0.1) is 0 Å². The van der Waals surface area contributed by atoms with Gasteiger partial charge in [0.2, 0.25) is 0 Å². The summed E-state index contributed by atoms with van der Waals surface area (Å²) >= 11 is 0. The van der Waals surface area contributed by atoms with Gasteiger partial charge in [0, 0.05) is 49.4 Å². The summed E-state index contributed by atoms with van der Waals surface area (Å²) in [6.07, 6.45) is 5.09. The van der Waals surface area contributed by atoms with Crippen LogP contribution in [0.1, 0.15) is 34.0 Å². The van der Waals surface area contributed by atoms with Crippen LogP contribution in [0.15, 0.2) is 71.9 Å². The third-order valence-electron chi connectivity index (χ3n) is 4.97. The fourth-order valence-corrected chi connectivity index (χ4v) is 3.90. The third kappa shape index (κ3) is 5.76. The molecule has 3 aromatic rings. The number of aromatic nitrogens is 1. The second kappa shape index (κ2) is 9.69. The van der Waals surface area contributed by atoms with Crippen LogP contribution in [0.3, 0.4) is 0 Å². The van der Waals surface area contributed by atoms with Crippen molar-refractivity contribution in [2.45, 2.75) is 31.3 Å². The number of nitro benzene ring substituents is 1. The van der Waals surface area contributed by atoms with E-state index < -0.39 is 26.4 Å². The minimum absolute atomic E-state index is 0.0614. The number of aryl methyl sites for hydroxylation is 1. The highest BCUT2D eigenvalue weighted by Crippen LogP contribution is 2.23. The molecule has 9 heteroatoms. The van der Waals surface area contributed by atoms with Crippen LogP contribution in [0.25, 0.3) is 0 Å². The van der Waals surface area contributed by atoms with Crippen molar-refractivity contribution in [3.63, 3.8) is 0 Å². The summed E-state index contributed by atoms with van der Waals surface area (Å²) in [6, 6.07) is 14.6. The first-order chi connectivity index (χ1) is 15.2. The number of rotatable bonds is 8. The maximum atomic E-state index is 13.4. The zero-order valence-corrected chi connectivity index (χ0v) is 18.6. The molecule has 1 aromatic heterocycles. The molecule has 2 aromatic carbocycles. The predicted octanol–water partition coefficient (Wildman–Crippen LogP) is 3.80. The van der Waals surface area contributed by atoms with Crippen LogP contribution in [0, 0.1) is 10.1 Å². The lowest BCUT2D eigenvalue weighted by Gasteiger charge is -2.23. The molecule has 0 radical (unpaired) electrons. The van der Waals surface area contributed by atoms with Crippen LogP contribution >= 0.6 is 0 Å². The first-order valence-electron chi connectivity index (χ1n) is 9.93. The first-order valence-corrected chi connectivity index (χ1v) is 11.8. The molecule has 0 saturated carbocycles. The van der Waals surface area contributed by atoms with Crippen LogP contribution in [0.5, 0.6) is 0 Å². The Morgan fingerprint density at radius 2 is 1.69 bits per heavy atom. The molecule has 0 saturated heterocycles. The van der Waals surface area contributed by atoms with E-state index in [0.29, 0.717) is 0 Å². The van der Waals surface area contributed by atoms with Gasteiger partial charge >= 0.3 is 0 Å². The summed E-state index contributed by atoms with van der Waals surface area (Å²) in [5, 5.41) is 11.3. The number of nitrogens with zero attached hydrogens (tertiary/aromatic N) is 3. The molecule has 0 spiro atoms. The van der Waals surface area contributed by atoms with Gasteiger partial charge in [-0.1, -0.05) is 37.3 Å². The number of hydrogen-bond donors (Lipinski definition) is 0. The molecule has 0 atom stereocenters. The van der Waals surface area contributed by atoms with Crippen molar-refractivity contribution in [3.05, 3.63) is 99.4 Å². The Bertz CT molecular complexity index is 1230. The van der Waals surface area contributed by atoms with Crippen molar-refractivity contribution in [1.82, 2.24) is 9.88 Å². The maximum absolute atomic E-state index is 13.4. The lowest BCUT2D eigenvalue weighted by Crippen LogP contribution is -2.30. The Morgan fingerprint density at radius 1 is 1.03 bits per heavy atom. The van der Waals surface area contributed by atoms with Crippen LogP contribution in [0.4, 0.5) is 5.69 Å². The van der Waals surface area contributed by atoms with Crippen molar-refractivity contribution in [2.75, 3.05) is 6.26 Å². The first kappa shape index (κ1) is 23.1. The number of hydrogen-bond acceptors (Lipinski definition) is 6. The topological polar surface area (TPSA) is 110 Å². The number of amides is 1. The third-order valence-corrected chi connectivity index (χ3v) is 6.06. The lowest BCUT2D eigenvalue weighted by atomic mass is 10.1. The number of carbonyl (C=O) groups is 1. The van der Waals surface area contributed by atoms with Crippen molar-refractivity contribution >= 4 is 21.4 Å². The summed E-state index contributed by atoms with van der Waals surface area (Å²) in [6.45, 7) is 2.50. The summed E-state index contributed by atoms with van der Waals surface area (Å²) in [7, 11) is -3.75. The molecule has 0 aliphatic heterocycles. The van der Waals surface area contributed by atoms with E-state index in [9.17, 15) is 23.3 Å². The second-order valence-corrected chi connectivity index (χ2v) is 9.45. The zero-order valence-electron chi connectivity index (χ0n) is 17.8. The van der Waals surface area contributed by atoms with Crippen LogP contribution in [-0.4, -0.2) is 35.4 Å². The molecule has 3 rings (SSSR count). The van der Waals surface area contributed by atoms with E-state index >= 15 is 0 Å². The minimum atomic E-state index is -3.75. The molecule has 32 heavy (non-hydrogen) atoms. The predicted molar refractivity (Wildman–Crippen MR) is 120 cm³/mol. The molecule has 0 aliphatic rings. The number of non-ortho nitro benzene ring substituents is 1. The van der Waals surface area contributed by atoms with E-state index in [0.717, 1.165) is 41.5 Å². The highest BCUT2D eigenvalue weighted by molar-refractivity contribution is 7.90. The van der Waals surface area contributed by atoms with E-state index in [1.54, 1.807) is 18.5 Å². The number of nitro groups is 1. The number of benzene rings is 2. The molecule has 0 aliphatic carbocycles. The van der Waals surface area contributed by atoms with E-state index in [-0.39, 0.29) is 23.5 Å². The van der Waals surface area contributed by atoms with Crippen LogP contribution in [-0.2, 0) is 29.3 Å². The highest BCUT2D eigenvalue weighted by atomic mass is 32.2. The SMILES string of the molecule is CCc1ccc(CN(Cc2cccnc2)C(=O)c2cc([N+](=O)[O-])cc(S(C)(=O)=O)c2)cc1. The van der Waals surface area contributed by atoms with E-state index in [1.807, 2.05) is 30.3 Å². The summed E-state index contributed by atoms with van der Waals surface area (Å²) < 4.78 is 24.1. The monoisotopic (exact) mass is 453 g/mol. The molecule has 0 N–H and O–H groups in total. The van der Waals surface area contributed by atoms with E-state index in [2.05, 4.69) is 11.9 Å². The van der Waals surface area contributed by atoms with Gasteiger partial charge in [-0.3, -0.25) is 19.9 Å². The fourth-order valence-electron chi connectivity index (χ4n) is 3.22.